The van der Waals surface area contributed by atoms with Crippen molar-refractivity contribution in [3.63, 3.8) is 0 Å². The van der Waals surface area contributed by atoms with Gasteiger partial charge in [-0.3, -0.25) is 0 Å². The number of nitrogens with one attached hydrogen (secondary N) is 2. The molecular weight excluding hydrogens is 316 g/mol. The van der Waals surface area contributed by atoms with Crippen LogP contribution < -0.4 is 15.4 Å². The van der Waals surface area contributed by atoms with Crippen molar-refractivity contribution >= 4 is 6.03 Å². The van der Waals surface area contributed by atoms with Crippen molar-refractivity contribution in [1.29, 1.82) is 0 Å². The molecule has 25 heavy (non-hydrogen) atoms. The maximum atomic E-state index is 12.2. The number of aliphatic hydroxyl groups excluding tert-OH is 1. The molecule has 2 aromatic rings. The first-order chi connectivity index (χ1) is 12.0. The molecule has 0 saturated heterocycles. The largest absolute Gasteiger partial charge is 0.497 e. The Bertz CT molecular complexity index is 674. The number of methoxy groups -OCH3 is 1. The van der Waals surface area contributed by atoms with E-state index in [4.69, 9.17) is 4.74 Å². The van der Waals surface area contributed by atoms with Crippen LogP contribution in [0.2, 0.25) is 0 Å². The first kappa shape index (κ1) is 18.8. The van der Waals surface area contributed by atoms with Crippen LogP contribution in [0.15, 0.2) is 54.6 Å². The number of carbonyl (C=O) groups excluding carboxylic acids is 1. The zero-order chi connectivity index (χ0) is 18.2. The van der Waals surface area contributed by atoms with Gasteiger partial charge in [-0.15, -0.1) is 0 Å². The molecular formula is C20H26N2O3. The highest BCUT2D eigenvalue weighted by molar-refractivity contribution is 5.74. The molecule has 0 aromatic heterocycles. The molecule has 0 spiro atoms. The number of amides is 2. The molecule has 0 aliphatic carbocycles. The highest BCUT2D eigenvalue weighted by Gasteiger charge is 2.18. The fourth-order valence-electron chi connectivity index (χ4n) is 2.64. The minimum atomic E-state index is -0.796. The van der Waals surface area contributed by atoms with Crippen LogP contribution in [0.3, 0.4) is 0 Å². The molecule has 2 aromatic carbocycles. The molecule has 2 amide bonds. The summed E-state index contributed by atoms with van der Waals surface area (Å²) < 4.78 is 5.15. The maximum Gasteiger partial charge on any atom is 0.315 e. The van der Waals surface area contributed by atoms with E-state index in [1.807, 2.05) is 42.5 Å². The fourth-order valence-corrected chi connectivity index (χ4v) is 2.64. The summed E-state index contributed by atoms with van der Waals surface area (Å²) in [5.41, 5.74) is 1.75. The molecule has 0 aliphatic rings. The van der Waals surface area contributed by atoms with Gasteiger partial charge in [-0.05, 0) is 29.2 Å². The van der Waals surface area contributed by atoms with Gasteiger partial charge in [0.25, 0.3) is 0 Å². The van der Waals surface area contributed by atoms with Crippen LogP contribution in [0.25, 0.3) is 0 Å². The van der Waals surface area contributed by atoms with E-state index in [1.165, 1.54) is 0 Å². The van der Waals surface area contributed by atoms with E-state index in [0.717, 1.165) is 5.56 Å². The van der Waals surface area contributed by atoms with Gasteiger partial charge in [-0.1, -0.05) is 56.3 Å². The molecule has 0 fully saturated rings. The van der Waals surface area contributed by atoms with Crippen molar-refractivity contribution in [3.8, 4) is 5.75 Å². The van der Waals surface area contributed by atoms with Crippen molar-refractivity contribution in [2.45, 2.75) is 26.0 Å². The highest BCUT2D eigenvalue weighted by atomic mass is 16.5. The van der Waals surface area contributed by atoms with Gasteiger partial charge in [0.15, 0.2) is 0 Å². The number of ether oxygens (including phenoxy) is 1. The molecule has 0 aliphatic heterocycles. The van der Waals surface area contributed by atoms with E-state index in [9.17, 15) is 9.90 Å². The Morgan fingerprint density at radius 1 is 1.08 bits per heavy atom. The van der Waals surface area contributed by atoms with Crippen LogP contribution in [0.4, 0.5) is 4.79 Å². The third kappa shape index (κ3) is 5.50. The van der Waals surface area contributed by atoms with Crippen LogP contribution >= 0.6 is 0 Å². The summed E-state index contributed by atoms with van der Waals surface area (Å²) in [5.74, 6) is 0.918. The molecule has 0 heterocycles. The molecule has 5 heteroatoms. The van der Waals surface area contributed by atoms with E-state index in [1.54, 1.807) is 19.2 Å². The second-order valence-electron chi connectivity index (χ2n) is 6.28. The summed E-state index contributed by atoms with van der Waals surface area (Å²) in [7, 11) is 1.58. The predicted octanol–water partition coefficient (Wildman–Crippen LogP) is 3.43. The first-order valence-corrected chi connectivity index (χ1v) is 8.42. The van der Waals surface area contributed by atoms with Crippen molar-refractivity contribution in [2.24, 2.45) is 5.92 Å². The molecule has 134 valence electrons. The third-order valence-corrected chi connectivity index (χ3v) is 4.05. The monoisotopic (exact) mass is 342 g/mol. The molecule has 2 rings (SSSR count). The van der Waals surface area contributed by atoms with Gasteiger partial charge >= 0.3 is 6.03 Å². The van der Waals surface area contributed by atoms with Crippen molar-refractivity contribution in [1.82, 2.24) is 10.6 Å². The van der Waals surface area contributed by atoms with E-state index in [-0.39, 0.29) is 24.5 Å². The lowest BCUT2D eigenvalue weighted by atomic mass is 9.96. The standard InChI is InChI=1S/C20H26N2O3/c1-14(2)19(15-8-5-4-6-9-15)22-20(24)21-13-18(23)16-10-7-11-17(12-16)25-3/h4-12,14,18-19,23H,13H2,1-3H3,(H2,21,22,24). The topological polar surface area (TPSA) is 70.6 Å². The second-order valence-corrected chi connectivity index (χ2v) is 6.28. The summed E-state index contributed by atoms with van der Waals surface area (Å²) in [5, 5.41) is 16.0. The molecule has 5 nitrogen and oxygen atoms in total. The molecule has 2 atom stereocenters. The molecule has 3 N–H and O–H groups in total. The Labute approximate surface area is 149 Å². The van der Waals surface area contributed by atoms with E-state index in [2.05, 4.69) is 24.5 Å². The second kappa shape index (κ2) is 9.08. The van der Waals surface area contributed by atoms with Gasteiger partial charge in [0.05, 0.1) is 19.3 Å². The number of hydrogen-bond donors (Lipinski definition) is 3. The molecule has 0 saturated carbocycles. The zero-order valence-electron chi connectivity index (χ0n) is 14.9. The van der Waals surface area contributed by atoms with Crippen LogP contribution in [-0.4, -0.2) is 24.8 Å². The lowest BCUT2D eigenvalue weighted by Crippen LogP contribution is -2.41. The SMILES string of the molecule is COc1cccc(C(O)CNC(=O)NC(c2ccccc2)C(C)C)c1. The third-order valence-electron chi connectivity index (χ3n) is 4.05. The zero-order valence-corrected chi connectivity index (χ0v) is 14.9. The normalized spacial score (nSPS) is 13.2. The van der Waals surface area contributed by atoms with E-state index >= 15 is 0 Å². The smallest absolute Gasteiger partial charge is 0.315 e. The van der Waals surface area contributed by atoms with Gasteiger partial charge < -0.3 is 20.5 Å². The number of benzene rings is 2. The lowest BCUT2D eigenvalue weighted by molar-refractivity contribution is 0.171. The molecule has 0 radical (unpaired) electrons. The minimum Gasteiger partial charge on any atom is -0.497 e. The summed E-state index contributed by atoms with van der Waals surface area (Å²) >= 11 is 0. The van der Waals surface area contributed by atoms with E-state index in [0.29, 0.717) is 11.3 Å². The number of aliphatic hydroxyl groups is 1. The summed E-state index contributed by atoms with van der Waals surface area (Å²) in [6, 6.07) is 16.6. The van der Waals surface area contributed by atoms with Crippen LogP contribution in [-0.2, 0) is 0 Å². The Balaban J connectivity index is 1.92. The predicted molar refractivity (Wildman–Crippen MR) is 98.5 cm³/mol. The van der Waals surface area contributed by atoms with Gasteiger partial charge in [0.1, 0.15) is 5.75 Å². The minimum absolute atomic E-state index is 0.0878. The van der Waals surface area contributed by atoms with Crippen molar-refractivity contribution in [2.75, 3.05) is 13.7 Å². The van der Waals surface area contributed by atoms with Crippen LogP contribution in [0.5, 0.6) is 5.75 Å². The van der Waals surface area contributed by atoms with Gasteiger partial charge in [-0.25, -0.2) is 4.79 Å². The van der Waals surface area contributed by atoms with Crippen LogP contribution in [0, 0.1) is 5.92 Å². The summed E-state index contributed by atoms with van der Waals surface area (Å²) in [4.78, 5) is 12.2. The summed E-state index contributed by atoms with van der Waals surface area (Å²) in [6.45, 7) is 4.24. The first-order valence-electron chi connectivity index (χ1n) is 8.42. The fraction of sp³-hybridized carbons (Fsp3) is 0.350. The highest BCUT2D eigenvalue weighted by Crippen LogP contribution is 2.21. The quantitative estimate of drug-likeness (QED) is 0.722. The van der Waals surface area contributed by atoms with Crippen molar-refractivity contribution < 1.29 is 14.6 Å². The van der Waals surface area contributed by atoms with Crippen LogP contribution in [0.1, 0.15) is 37.1 Å². The summed E-state index contributed by atoms with van der Waals surface area (Å²) in [6.07, 6.45) is -0.796. The van der Waals surface area contributed by atoms with Gasteiger partial charge in [0, 0.05) is 6.54 Å². The van der Waals surface area contributed by atoms with E-state index < -0.39 is 6.10 Å². The maximum absolute atomic E-state index is 12.2. The number of urea groups is 1. The van der Waals surface area contributed by atoms with Crippen molar-refractivity contribution in [3.05, 3.63) is 65.7 Å². The Morgan fingerprint density at radius 2 is 1.76 bits per heavy atom. The molecule has 2 unspecified atom stereocenters. The average Bonchev–Trinajstić information content (AvgIpc) is 2.64. The number of rotatable bonds is 7. The lowest BCUT2D eigenvalue weighted by Gasteiger charge is -2.23. The Morgan fingerprint density at radius 3 is 2.40 bits per heavy atom. The Kier molecular flexibility index (Phi) is 6.83. The molecule has 0 bridgehead atoms. The number of hydrogen-bond acceptors (Lipinski definition) is 3. The Hall–Kier alpha value is -2.53. The van der Waals surface area contributed by atoms with Gasteiger partial charge in [-0.2, -0.15) is 0 Å². The average molecular weight is 342 g/mol. The number of carbonyl (C=O) groups is 1. The van der Waals surface area contributed by atoms with Gasteiger partial charge in [0.2, 0.25) is 0 Å².